The third kappa shape index (κ3) is 2.58. The van der Waals surface area contributed by atoms with Crippen molar-refractivity contribution in [3.05, 3.63) is 17.7 Å². The minimum absolute atomic E-state index is 0. The monoisotopic (exact) mass is 208 g/mol. The first-order valence-corrected chi connectivity index (χ1v) is 2.99. The maximum atomic E-state index is 10.2. The van der Waals surface area contributed by atoms with Crippen LogP contribution in [-0.4, -0.2) is 21.3 Å². The normalized spacial score (nSPS) is 8.92. The van der Waals surface area contributed by atoms with Crippen LogP contribution >= 0.6 is 0 Å². The Morgan fingerprint density at radius 2 is 1.69 bits per heavy atom. The van der Waals surface area contributed by atoms with Gasteiger partial charge in [-0.05, 0) is 12.1 Å². The van der Waals surface area contributed by atoms with Gasteiger partial charge in [-0.15, -0.1) is 0 Å². The predicted octanol–water partition coefficient (Wildman–Crippen LogP) is -3.83. The standard InChI is InChI=1S/C7H6O5.K/c8-4-2-1-3(7(11)12)5(9)6(4)10;/h1-2,8-10H,(H,11,12);/q;+1/p-1. The van der Waals surface area contributed by atoms with Gasteiger partial charge >= 0.3 is 51.4 Å². The second-order valence-electron chi connectivity index (χ2n) is 2.12. The average molecular weight is 208 g/mol. The van der Waals surface area contributed by atoms with Gasteiger partial charge < -0.3 is 25.2 Å². The van der Waals surface area contributed by atoms with Gasteiger partial charge in [-0.25, -0.2) is 0 Å². The molecule has 0 spiro atoms. The molecular weight excluding hydrogens is 203 g/mol. The molecule has 0 unspecified atom stereocenters. The summed E-state index contributed by atoms with van der Waals surface area (Å²) in [4.78, 5) is 10.2. The van der Waals surface area contributed by atoms with Crippen LogP contribution in [0.4, 0.5) is 0 Å². The molecule has 0 bridgehead atoms. The summed E-state index contributed by atoms with van der Waals surface area (Å²) in [5, 5.41) is 36.8. The number of aromatic carboxylic acids is 1. The molecule has 6 heteroatoms. The van der Waals surface area contributed by atoms with Crippen LogP contribution in [0.3, 0.4) is 0 Å². The smallest absolute Gasteiger partial charge is 0.545 e. The number of aromatic hydroxyl groups is 3. The molecule has 0 radical (unpaired) electrons. The number of rotatable bonds is 1. The van der Waals surface area contributed by atoms with Crippen LogP contribution in [0.2, 0.25) is 0 Å². The van der Waals surface area contributed by atoms with Crippen molar-refractivity contribution >= 4 is 5.97 Å². The van der Waals surface area contributed by atoms with Gasteiger partial charge in [0.05, 0.1) is 5.97 Å². The third-order valence-corrected chi connectivity index (χ3v) is 1.35. The molecular formula is C7H5KO5. The number of hydrogen-bond acceptors (Lipinski definition) is 5. The molecule has 64 valence electrons. The van der Waals surface area contributed by atoms with Crippen LogP contribution in [0, 0.1) is 0 Å². The molecule has 1 rings (SSSR count). The van der Waals surface area contributed by atoms with Crippen molar-refractivity contribution in [2.24, 2.45) is 0 Å². The first kappa shape index (κ1) is 12.7. The molecule has 1 aromatic carbocycles. The molecule has 0 atom stereocenters. The van der Waals surface area contributed by atoms with Crippen LogP contribution < -0.4 is 56.5 Å². The summed E-state index contributed by atoms with van der Waals surface area (Å²) in [5.41, 5.74) is -0.565. The number of phenolic OH excluding ortho intramolecular Hbond substituents is 2. The second-order valence-corrected chi connectivity index (χ2v) is 2.12. The van der Waals surface area contributed by atoms with Crippen molar-refractivity contribution in [3.8, 4) is 17.2 Å². The molecule has 3 N–H and O–H groups in total. The minimum Gasteiger partial charge on any atom is -0.545 e. The van der Waals surface area contributed by atoms with Gasteiger partial charge in [0.25, 0.3) is 0 Å². The molecule has 0 aliphatic heterocycles. The minimum atomic E-state index is -1.62. The van der Waals surface area contributed by atoms with Crippen molar-refractivity contribution in [1.29, 1.82) is 0 Å². The Bertz CT molecular complexity index is 336. The number of benzene rings is 1. The quantitative estimate of drug-likeness (QED) is 0.324. The maximum Gasteiger partial charge on any atom is 1.00 e. The van der Waals surface area contributed by atoms with Crippen LogP contribution in [0.1, 0.15) is 10.4 Å². The zero-order valence-corrected chi connectivity index (χ0v) is 9.94. The SMILES string of the molecule is O=C([O-])c1ccc(O)c(O)c1O.[K+]. The van der Waals surface area contributed by atoms with E-state index in [9.17, 15) is 9.90 Å². The van der Waals surface area contributed by atoms with Gasteiger partial charge in [-0.2, -0.15) is 0 Å². The van der Waals surface area contributed by atoms with Crippen molar-refractivity contribution in [2.45, 2.75) is 0 Å². The van der Waals surface area contributed by atoms with E-state index in [2.05, 4.69) is 0 Å². The Labute approximate surface area is 116 Å². The van der Waals surface area contributed by atoms with Crippen LogP contribution in [0.15, 0.2) is 12.1 Å². The Balaban J connectivity index is 0.00000144. The molecule has 0 aliphatic carbocycles. The van der Waals surface area contributed by atoms with Gasteiger partial charge in [-0.1, -0.05) is 0 Å². The number of carbonyl (C=O) groups excluding carboxylic acids is 1. The van der Waals surface area contributed by atoms with Crippen LogP contribution in [0.5, 0.6) is 17.2 Å². The molecule has 0 aliphatic rings. The summed E-state index contributed by atoms with van der Waals surface area (Å²) in [6.45, 7) is 0. The van der Waals surface area contributed by atoms with E-state index in [0.717, 1.165) is 12.1 Å². The van der Waals surface area contributed by atoms with Crippen molar-refractivity contribution in [3.63, 3.8) is 0 Å². The van der Waals surface area contributed by atoms with Crippen molar-refractivity contribution < 1.29 is 76.6 Å². The Morgan fingerprint density at radius 3 is 2.15 bits per heavy atom. The summed E-state index contributed by atoms with van der Waals surface area (Å²) in [6.07, 6.45) is 0. The predicted molar refractivity (Wildman–Crippen MR) is 35.8 cm³/mol. The fourth-order valence-corrected chi connectivity index (χ4v) is 0.734. The number of hydrogen-bond donors (Lipinski definition) is 3. The number of carbonyl (C=O) groups is 1. The van der Waals surface area contributed by atoms with E-state index in [-0.39, 0.29) is 51.4 Å². The zero-order valence-electron chi connectivity index (χ0n) is 6.81. The molecule has 13 heavy (non-hydrogen) atoms. The molecule has 0 amide bonds. The largest absolute Gasteiger partial charge is 1.00 e. The van der Waals surface area contributed by atoms with E-state index in [1.54, 1.807) is 0 Å². The molecule has 0 aromatic heterocycles. The summed E-state index contributed by atoms with van der Waals surface area (Å²) >= 11 is 0. The topological polar surface area (TPSA) is 101 Å². The zero-order chi connectivity index (χ0) is 9.30. The second kappa shape index (κ2) is 4.82. The van der Waals surface area contributed by atoms with Crippen molar-refractivity contribution in [2.75, 3.05) is 0 Å². The Morgan fingerprint density at radius 1 is 1.15 bits per heavy atom. The summed E-state index contributed by atoms with van der Waals surface area (Å²) in [6, 6.07) is 1.87. The first-order chi connectivity index (χ1) is 5.54. The van der Waals surface area contributed by atoms with Gasteiger partial charge in [0.1, 0.15) is 0 Å². The van der Waals surface area contributed by atoms with Crippen LogP contribution in [-0.2, 0) is 0 Å². The molecule has 0 saturated heterocycles. The molecule has 5 nitrogen and oxygen atoms in total. The van der Waals surface area contributed by atoms with Gasteiger partial charge in [0.2, 0.25) is 5.75 Å². The number of phenols is 3. The third-order valence-electron chi connectivity index (χ3n) is 1.35. The van der Waals surface area contributed by atoms with E-state index >= 15 is 0 Å². The van der Waals surface area contributed by atoms with E-state index in [0.29, 0.717) is 0 Å². The molecule has 0 saturated carbocycles. The number of carboxylic acid groups (broad SMARTS) is 1. The van der Waals surface area contributed by atoms with Gasteiger partial charge in [-0.3, -0.25) is 0 Å². The summed E-state index contributed by atoms with van der Waals surface area (Å²) in [7, 11) is 0. The molecule has 1 aromatic rings. The Hall–Kier alpha value is -0.274. The molecule has 0 heterocycles. The number of carboxylic acids is 1. The van der Waals surface area contributed by atoms with E-state index in [1.807, 2.05) is 0 Å². The maximum absolute atomic E-state index is 10.2. The van der Waals surface area contributed by atoms with Gasteiger partial charge in [0, 0.05) is 5.56 Å². The van der Waals surface area contributed by atoms with Crippen LogP contribution in [0.25, 0.3) is 0 Å². The fourth-order valence-electron chi connectivity index (χ4n) is 0.734. The first-order valence-electron chi connectivity index (χ1n) is 2.99. The van der Waals surface area contributed by atoms with Crippen molar-refractivity contribution in [1.82, 2.24) is 0 Å². The van der Waals surface area contributed by atoms with E-state index in [1.165, 1.54) is 0 Å². The van der Waals surface area contributed by atoms with E-state index < -0.39 is 28.8 Å². The summed E-state index contributed by atoms with van der Waals surface area (Å²) < 4.78 is 0. The fraction of sp³-hybridized carbons (Fsp3) is 0. The molecule has 0 fully saturated rings. The van der Waals surface area contributed by atoms with E-state index in [4.69, 9.17) is 15.3 Å². The summed E-state index contributed by atoms with van der Waals surface area (Å²) in [5.74, 6) is -3.97. The average Bonchev–Trinajstić information content (AvgIpc) is 2.00. The Kier molecular flexibility index (Phi) is 4.72. The van der Waals surface area contributed by atoms with Gasteiger partial charge in [0.15, 0.2) is 11.5 Å².